The number of nitrogens with zero attached hydrogens (tertiary/aromatic N) is 3. The number of furan rings is 1. The minimum Gasteiger partial charge on any atom is -0.507 e. The molecule has 0 saturated heterocycles. The van der Waals surface area contributed by atoms with Crippen molar-refractivity contribution in [1.82, 2.24) is 14.5 Å². The number of aromatic hydroxyl groups is 1. The molecule has 0 bridgehead atoms. The van der Waals surface area contributed by atoms with Gasteiger partial charge in [-0.3, -0.25) is 9.55 Å². The van der Waals surface area contributed by atoms with Crippen LogP contribution < -0.4 is 0 Å². The third-order valence-corrected chi connectivity index (χ3v) is 11.1. The van der Waals surface area contributed by atoms with Gasteiger partial charge in [0.15, 0.2) is 0 Å². The quantitative estimate of drug-likeness (QED) is 0.162. The normalized spacial score (nSPS) is 11.3. The molecule has 288 valence electrons. The van der Waals surface area contributed by atoms with Crippen LogP contribution in [0.15, 0.2) is 205 Å². The molecule has 0 spiro atoms. The van der Waals surface area contributed by atoms with Crippen LogP contribution in [0.1, 0.15) is 0 Å². The topological polar surface area (TPSA) is 64.1 Å². The summed E-state index contributed by atoms with van der Waals surface area (Å²) in [6.45, 7) is 0. The van der Waals surface area contributed by atoms with Gasteiger partial charge < -0.3 is 9.52 Å². The first-order valence-electron chi connectivity index (χ1n) is 19.6. The number of para-hydroxylation sites is 3. The summed E-state index contributed by atoms with van der Waals surface area (Å²) in [5.74, 6) is 0.785. The van der Waals surface area contributed by atoms with E-state index < -0.39 is 0 Å². The van der Waals surface area contributed by atoms with Crippen LogP contribution in [0.4, 0.5) is 0 Å². The van der Waals surface area contributed by atoms with E-state index in [4.69, 9.17) is 14.4 Å². The summed E-state index contributed by atoms with van der Waals surface area (Å²) in [6.07, 6.45) is 1.85. The summed E-state index contributed by atoms with van der Waals surface area (Å²) in [5, 5.41) is 13.3. The van der Waals surface area contributed by atoms with Crippen molar-refractivity contribution in [1.29, 1.82) is 0 Å². The van der Waals surface area contributed by atoms with E-state index in [2.05, 4.69) is 126 Å². The Morgan fingerprint density at radius 2 is 1.15 bits per heavy atom. The monoisotopic (exact) mass is 951 g/mol. The summed E-state index contributed by atoms with van der Waals surface area (Å²) >= 11 is 0. The molecular formula is C54H34N3O2Pt-. The maximum Gasteiger partial charge on any atom is 0.148 e. The zero-order chi connectivity index (χ0) is 39.3. The molecule has 0 aliphatic carbocycles. The van der Waals surface area contributed by atoms with Gasteiger partial charge >= 0.3 is 0 Å². The summed E-state index contributed by atoms with van der Waals surface area (Å²) < 4.78 is 8.98. The third-order valence-electron chi connectivity index (χ3n) is 11.1. The van der Waals surface area contributed by atoms with Crippen molar-refractivity contribution in [3.8, 4) is 78.6 Å². The molecule has 6 heteroatoms. The van der Waals surface area contributed by atoms with Crippen LogP contribution in [0.2, 0.25) is 0 Å². The molecule has 3 aromatic heterocycles. The van der Waals surface area contributed by atoms with E-state index in [-0.39, 0.29) is 26.8 Å². The fraction of sp³-hybridized carbons (Fsp3) is 0. The molecular weight excluding hydrogens is 918 g/mol. The first kappa shape index (κ1) is 37.0. The SMILES string of the molecule is Oc1ccccc1-c1nc2c(-c3[c-]c(-c4cc(-c5ccccc5)ccn4)c4oc5cccc(-c6ccccc6)c5c4c3)cccc2n1-c1ccccc1-c1ccccc1.[Pt]. The molecule has 1 N–H and O–H groups in total. The first-order valence-corrected chi connectivity index (χ1v) is 19.6. The molecule has 60 heavy (non-hydrogen) atoms. The predicted octanol–water partition coefficient (Wildman–Crippen LogP) is 13.8. The average molecular weight is 952 g/mol. The predicted molar refractivity (Wildman–Crippen MR) is 239 cm³/mol. The molecule has 0 radical (unpaired) electrons. The van der Waals surface area contributed by atoms with Gasteiger partial charge in [-0.1, -0.05) is 163 Å². The molecule has 5 nitrogen and oxygen atoms in total. The van der Waals surface area contributed by atoms with Crippen molar-refractivity contribution in [2.75, 3.05) is 0 Å². The Morgan fingerprint density at radius 3 is 1.90 bits per heavy atom. The molecule has 0 amide bonds. The fourth-order valence-electron chi connectivity index (χ4n) is 8.36. The van der Waals surface area contributed by atoms with E-state index in [1.165, 1.54) is 0 Å². The van der Waals surface area contributed by atoms with Crippen LogP contribution in [0.5, 0.6) is 5.75 Å². The zero-order valence-electron chi connectivity index (χ0n) is 32.1. The smallest absolute Gasteiger partial charge is 0.148 e. The Kier molecular flexibility index (Phi) is 9.52. The number of benzene rings is 8. The van der Waals surface area contributed by atoms with Crippen molar-refractivity contribution >= 4 is 33.0 Å². The number of aromatic nitrogens is 3. The summed E-state index contributed by atoms with van der Waals surface area (Å²) in [7, 11) is 0. The van der Waals surface area contributed by atoms with Crippen molar-refractivity contribution in [2.24, 2.45) is 0 Å². The largest absolute Gasteiger partial charge is 0.507 e. The molecule has 8 aromatic carbocycles. The number of phenols is 1. The number of hydrogen-bond donors (Lipinski definition) is 1. The molecule has 11 aromatic rings. The number of pyridine rings is 1. The van der Waals surface area contributed by atoms with E-state index in [1.807, 2.05) is 79.0 Å². The van der Waals surface area contributed by atoms with E-state index in [9.17, 15) is 5.11 Å². The van der Waals surface area contributed by atoms with E-state index in [1.54, 1.807) is 6.07 Å². The molecule has 0 aliphatic heterocycles. The van der Waals surface area contributed by atoms with Crippen LogP contribution in [-0.4, -0.2) is 19.6 Å². The third kappa shape index (κ3) is 6.32. The van der Waals surface area contributed by atoms with Gasteiger partial charge in [-0.25, -0.2) is 4.98 Å². The van der Waals surface area contributed by atoms with Crippen molar-refractivity contribution in [3.05, 3.63) is 206 Å². The Labute approximate surface area is 361 Å². The van der Waals surface area contributed by atoms with E-state index >= 15 is 0 Å². The Hall–Kier alpha value is -7.33. The van der Waals surface area contributed by atoms with E-state index in [0.717, 1.165) is 88.8 Å². The molecule has 0 aliphatic rings. The van der Waals surface area contributed by atoms with Crippen LogP contribution in [0.25, 0.3) is 106 Å². The van der Waals surface area contributed by atoms with Crippen LogP contribution in [0.3, 0.4) is 0 Å². The number of imidazole rings is 1. The van der Waals surface area contributed by atoms with Gasteiger partial charge in [0.05, 0.1) is 27.9 Å². The first-order chi connectivity index (χ1) is 29.2. The second kappa shape index (κ2) is 15.4. The van der Waals surface area contributed by atoms with E-state index in [0.29, 0.717) is 17.0 Å². The standard InChI is InChI=1S/C54H34N3O2.Pt/c58-49-28-13-11-23-43(49)54-56-52-42(25-14-27-48(52)57(54)47-26-12-10-22-40(47)36-18-6-2-7-19-36)39-32-44(46-34-38(30-31-55-46)35-16-4-1-5-17-35)53-45(33-39)51-41(24-15-29-50(51)59-53)37-20-8-3-9-21-37;/h1-31,33-34,58H;/q-1;. The van der Waals surface area contributed by atoms with Crippen molar-refractivity contribution in [2.45, 2.75) is 0 Å². The molecule has 0 fully saturated rings. The number of phenolic OH excluding ortho intramolecular Hbond substituents is 1. The maximum atomic E-state index is 11.3. The molecule has 11 rings (SSSR count). The van der Waals surface area contributed by atoms with Gasteiger partial charge in [-0.15, -0.1) is 17.7 Å². The van der Waals surface area contributed by atoms with Gasteiger partial charge in [-0.05, 0) is 69.6 Å². The number of rotatable bonds is 7. The molecule has 0 unspecified atom stereocenters. The minimum atomic E-state index is 0. The average Bonchev–Trinajstić information content (AvgIpc) is 3.89. The Bertz CT molecular complexity index is 3340. The summed E-state index contributed by atoms with van der Waals surface area (Å²) in [4.78, 5) is 10.4. The summed E-state index contributed by atoms with van der Waals surface area (Å²) in [5.41, 5.74) is 14.5. The fourth-order valence-corrected chi connectivity index (χ4v) is 8.36. The maximum absolute atomic E-state index is 11.3. The number of fused-ring (bicyclic) bond motifs is 4. The van der Waals surface area contributed by atoms with Gasteiger partial charge in [0, 0.05) is 43.9 Å². The molecule has 0 saturated carbocycles. The van der Waals surface area contributed by atoms with Crippen molar-refractivity contribution in [3.63, 3.8) is 0 Å². The number of hydrogen-bond acceptors (Lipinski definition) is 4. The Morgan fingerprint density at radius 1 is 0.533 bits per heavy atom. The second-order valence-corrected chi connectivity index (χ2v) is 14.6. The van der Waals surface area contributed by atoms with Gasteiger partial charge in [-0.2, -0.15) is 0 Å². The van der Waals surface area contributed by atoms with Gasteiger partial charge in [0.2, 0.25) is 0 Å². The zero-order valence-corrected chi connectivity index (χ0v) is 34.3. The van der Waals surface area contributed by atoms with Crippen LogP contribution in [-0.2, 0) is 21.1 Å². The minimum absolute atomic E-state index is 0. The van der Waals surface area contributed by atoms with Gasteiger partial charge in [0.1, 0.15) is 17.2 Å². The second-order valence-electron chi connectivity index (χ2n) is 14.6. The van der Waals surface area contributed by atoms with Crippen LogP contribution >= 0.6 is 0 Å². The summed E-state index contributed by atoms with van der Waals surface area (Å²) in [6, 6.07) is 69.6. The van der Waals surface area contributed by atoms with Crippen LogP contribution in [0, 0.1) is 6.07 Å². The molecule has 0 atom stereocenters. The molecule has 3 heterocycles. The van der Waals surface area contributed by atoms with Gasteiger partial charge in [0.25, 0.3) is 0 Å². The Balaban J connectivity index is 0.00000433. The van der Waals surface area contributed by atoms with Crippen molar-refractivity contribution < 1.29 is 30.6 Å².